The van der Waals surface area contributed by atoms with Crippen molar-refractivity contribution in [2.75, 3.05) is 5.73 Å². The minimum atomic E-state index is -0.260. The van der Waals surface area contributed by atoms with E-state index in [-0.39, 0.29) is 5.91 Å². The zero-order chi connectivity index (χ0) is 13.7. The highest BCUT2D eigenvalue weighted by Gasteiger charge is 2.02. The molecule has 0 aliphatic heterocycles. The highest BCUT2D eigenvalue weighted by Crippen LogP contribution is 2.05. The van der Waals surface area contributed by atoms with Crippen LogP contribution < -0.4 is 11.2 Å². The highest BCUT2D eigenvalue weighted by atomic mass is 16.2. The second-order valence-electron chi connectivity index (χ2n) is 4.24. The van der Waals surface area contributed by atoms with Gasteiger partial charge in [0.15, 0.2) is 0 Å². The first-order chi connectivity index (χ1) is 9.15. The van der Waals surface area contributed by atoms with Gasteiger partial charge >= 0.3 is 0 Å². The predicted molar refractivity (Wildman–Crippen MR) is 77.1 cm³/mol. The van der Waals surface area contributed by atoms with Crippen LogP contribution in [-0.4, -0.2) is 12.1 Å². The Morgan fingerprint density at radius 3 is 2.63 bits per heavy atom. The molecule has 4 heteroatoms. The molecule has 0 unspecified atom stereocenters. The van der Waals surface area contributed by atoms with E-state index in [4.69, 9.17) is 5.73 Å². The molecule has 0 radical (unpaired) electrons. The molecule has 0 spiro atoms. The molecule has 0 saturated carbocycles. The maximum atomic E-state index is 11.7. The van der Waals surface area contributed by atoms with Crippen molar-refractivity contribution in [1.82, 2.24) is 5.43 Å². The standard InChI is InChI=1S/C15H15N3O/c1-11-3-2-4-12(9-11)10-17-18-15(19)13-5-7-14(16)8-6-13/h2-10H,16H2,1H3,(H,18,19). The molecule has 0 bridgehead atoms. The number of nitrogen functional groups attached to an aromatic ring is 1. The molecule has 1 amide bonds. The largest absolute Gasteiger partial charge is 0.399 e. The van der Waals surface area contributed by atoms with Crippen molar-refractivity contribution in [3.05, 3.63) is 65.2 Å². The van der Waals surface area contributed by atoms with E-state index in [9.17, 15) is 4.79 Å². The number of aryl methyl sites for hydroxylation is 1. The Labute approximate surface area is 112 Å². The summed E-state index contributed by atoms with van der Waals surface area (Å²) >= 11 is 0. The third kappa shape index (κ3) is 3.67. The number of nitrogens with zero attached hydrogens (tertiary/aromatic N) is 1. The van der Waals surface area contributed by atoms with Gasteiger partial charge in [-0.1, -0.05) is 29.8 Å². The molecule has 2 rings (SSSR count). The Hall–Kier alpha value is -2.62. The molecule has 96 valence electrons. The van der Waals surface area contributed by atoms with Gasteiger partial charge in [-0.3, -0.25) is 4.79 Å². The summed E-state index contributed by atoms with van der Waals surface area (Å²) in [4.78, 5) is 11.7. The maximum Gasteiger partial charge on any atom is 0.271 e. The smallest absolute Gasteiger partial charge is 0.271 e. The summed E-state index contributed by atoms with van der Waals surface area (Å²) in [5.41, 5.74) is 11.3. The van der Waals surface area contributed by atoms with E-state index < -0.39 is 0 Å². The van der Waals surface area contributed by atoms with Crippen molar-refractivity contribution in [2.45, 2.75) is 6.92 Å². The molecule has 2 aromatic rings. The molecule has 0 aliphatic rings. The van der Waals surface area contributed by atoms with Crippen molar-refractivity contribution in [2.24, 2.45) is 5.10 Å². The highest BCUT2D eigenvalue weighted by molar-refractivity contribution is 5.95. The van der Waals surface area contributed by atoms with Crippen LogP contribution in [0.3, 0.4) is 0 Å². The van der Waals surface area contributed by atoms with Gasteiger partial charge in [0.1, 0.15) is 0 Å². The van der Waals surface area contributed by atoms with E-state index in [0.717, 1.165) is 11.1 Å². The van der Waals surface area contributed by atoms with Gasteiger partial charge in [0.2, 0.25) is 0 Å². The Balaban J connectivity index is 1.98. The lowest BCUT2D eigenvalue weighted by atomic mass is 10.2. The summed E-state index contributed by atoms with van der Waals surface area (Å²) in [5.74, 6) is -0.260. The zero-order valence-electron chi connectivity index (χ0n) is 10.6. The maximum absolute atomic E-state index is 11.7. The fourth-order valence-corrected chi connectivity index (χ4v) is 1.61. The molecule has 2 aromatic carbocycles. The molecule has 0 fully saturated rings. The van der Waals surface area contributed by atoms with Gasteiger partial charge in [0, 0.05) is 11.3 Å². The van der Waals surface area contributed by atoms with Gasteiger partial charge in [-0.15, -0.1) is 0 Å². The number of hydrogen-bond acceptors (Lipinski definition) is 3. The summed E-state index contributed by atoms with van der Waals surface area (Å²) in [5, 5.41) is 3.93. The number of benzene rings is 2. The fraction of sp³-hybridized carbons (Fsp3) is 0.0667. The molecular weight excluding hydrogens is 238 g/mol. The van der Waals surface area contributed by atoms with Crippen LogP contribution in [0.25, 0.3) is 0 Å². The molecular formula is C15H15N3O. The first-order valence-electron chi connectivity index (χ1n) is 5.91. The number of amides is 1. The quantitative estimate of drug-likeness (QED) is 0.501. The number of carbonyl (C=O) groups is 1. The van der Waals surface area contributed by atoms with E-state index in [1.165, 1.54) is 0 Å². The van der Waals surface area contributed by atoms with Gasteiger partial charge in [0.25, 0.3) is 5.91 Å². The minimum absolute atomic E-state index is 0.260. The summed E-state index contributed by atoms with van der Waals surface area (Å²) in [6.45, 7) is 2.00. The number of hydrogen-bond donors (Lipinski definition) is 2. The molecule has 0 aromatic heterocycles. The molecule has 4 nitrogen and oxygen atoms in total. The van der Waals surface area contributed by atoms with Gasteiger partial charge in [0.05, 0.1) is 6.21 Å². The minimum Gasteiger partial charge on any atom is -0.399 e. The first kappa shape index (κ1) is 12.8. The van der Waals surface area contributed by atoms with E-state index in [2.05, 4.69) is 10.5 Å². The molecule has 0 heterocycles. The third-order valence-electron chi connectivity index (χ3n) is 2.59. The van der Waals surface area contributed by atoms with E-state index in [0.29, 0.717) is 11.3 Å². The Kier molecular flexibility index (Phi) is 3.93. The number of nitrogens with two attached hydrogens (primary N) is 1. The number of anilines is 1. The molecule has 3 N–H and O–H groups in total. The van der Waals surface area contributed by atoms with Crippen LogP contribution in [0.2, 0.25) is 0 Å². The zero-order valence-corrected chi connectivity index (χ0v) is 10.6. The van der Waals surface area contributed by atoms with E-state index in [1.807, 2.05) is 31.2 Å². The molecule has 0 saturated heterocycles. The SMILES string of the molecule is Cc1cccc(C=NNC(=O)c2ccc(N)cc2)c1. The van der Waals surface area contributed by atoms with E-state index in [1.54, 1.807) is 30.5 Å². The first-order valence-corrected chi connectivity index (χ1v) is 5.91. The Bertz CT molecular complexity index is 603. The lowest BCUT2D eigenvalue weighted by molar-refractivity contribution is 0.0955. The van der Waals surface area contributed by atoms with Crippen molar-refractivity contribution in [3.63, 3.8) is 0 Å². The van der Waals surface area contributed by atoms with Crippen LogP contribution in [0.15, 0.2) is 53.6 Å². The fourth-order valence-electron chi connectivity index (χ4n) is 1.61. The van der Waals surface area contributed by atoms with Crippen molar-refractivity contribution in [1.29, 1.82) is 0 Å². The lowest BCUT2D eigenvalue weighted by Gasteiger charge is -2.00. The second-order valence-corrected chi connectivity index (χ2v) is 4.24. The van der Waals surface area contributed by atoms with Crippen LogP contribution in [0.4, 0.5) is 5.69 Å². The topological polar surface area (TPSA) is 67.5 Å². The van der Waals surface area contributed by atoms with Crippen LogP contribution in [0, 0.1) is 6.92 Å². The average molecular weight is 253 g/mol. The molecule has 0 aliphatic carbocycles. The van der Waals surface area contributed by atoms with Gasteiger partial charge in [-0.05, 0) is 36.8 Å². The van der Waals surface area contributed by atoms with Crippen molar-refractivity contribution in [3.8, 4) is 0 Å². The number of rotatable bonds is 3. The summed E-state index contributed by atoms with van der Waals surface area (Å²) < 4.78 is 0. The lowest BCUT2D eigenvalue weighted by Crippen LogP contribution is -2.17. The van der Waals surface area contributed by atoms with Crippen molar-refractivity contribution < 1.29 is 4.79 Å². The molecule has 0 atom stereocenters. The van der Waals surface area contributed by atoms with Crippen LogP contribution in [0.1, 0.15) is 21.5 Å². The third-order valence-corrected chi connectivity index (χ3v) is 2.59. The second kappa shape index (κ2) is 5.82. The molecule has 19 heavy (non-hydrogen) atoms. The number of carbonyl (C=O) groups excluding carboxylic acids is 1. The van der Waals surface area contributed by atoms with Gasteiger partial charge < -0.3 is 5.73 Å². The van der Waals surface area contributed by atoms with Crippen LogP contribution in [0.5, 0.6) is 0 Å². The summed E-state index contributed by atoms with van der Waals surface area (Å²) in [6, 6.07) is 14.5. The normalized spacial score (nSPS) is 10.6. The predicted octanol–water partition coefficient (Wildman–Crippen LogP) is 2.34. The van der Waals surface area contributed by atoms with Crippen LogP contribution in [-0.2, 0) is 0 Å². The van der Waals surface area contributed by atoms with Crippen molar-refractivity contribution >= 4 is 17.8 Å². The average Bonchev–Trinajstić information content (AvgIpc) is 2.39. The van der Waals surface area contributed by atoms with Crippen LogP contribution >= 0.6 is 0 Å². The van der Waals surface area contributed by atoms with E-state index >= 15 is 0 Å². The number of nitrogens with one attached hydrogen (secondary N) is 1. The Morgan fingerprint density at radius 1 is 1.21 bits per heavy atom. The summed E-state index contributed by atoms with van der Waals surface area (Å²) in [7, 11) is 0. The van der Waals surface area contributed by atoms with Gasteiger partial charge in [-0.2, -0.15) is 5.10 Å². The monoisotopic (exact) mass is 253 g/mol. The van der Waals surface area contributed by atoms with Gasteiger partial charge in [-0.25, -0.2) is 5.43 Å². The summed E-state index contributed by atoms with van der Waals surface area (Å²) in [6.07, 6.45) is 1.61. The number of hydrazone groups is 1. The Morgan fingerprint density at radius 2 is 1.95 bits per heavy atom.